The minimum absolute atomic E-state index is 0. The maximum absolute atomic E-state index is 2.75. The van der Waals surface area contributed by atoms with Gasteiger partial charge < -0.3 is 37.2 Å². The standard InChI is InChI=1S/C46H63Si.3ClH.Ti/c1-28(2)36-19-37(29(3)4)23-42(22-36)47(46-34(13)18-35-16-14-15-17-45(35)46,43-24-38(30(5)6)20-39(25-43)31(7)8)44-26-40(32(9)10)21-41(27-44)33(11)12;;;;/h14-35,45-46H,1-13H3;3*1H;/q;;;;+3/p-3. The topological polar surface area (TPSA) is 0 Å². The summed E-state index contributed by atoms with van der Waals surface area (Å²) in [5.41, 5.74) is 9.51. The molecule has 3 aromatic rings. The first-order valence-electron chi connectivity index (χ1n) is 19.1. The Bertz CT molecular complexity index is 1430. The van der Waals surface area contributed by atoms with E-state index < -0.39 is 8.07 Å². The molecule has 0 nitrogen and oxygen atoms in total. The number of hydrogen-bond acceptors (Lipinski definition) is 0. The summed E-state index contributed by atoms with van der Waals surface area (Å²) in [6.45, 7) is 31.3. The maximum Gasteiger partial charge on any atom is -1.00 e. The summed E-state index contributed by atoms with van der Waals surface area (Å²) in [7, 11) is -2.75. The summed E-state index contributed by atoms with van der Waals surface area (Å²) in [6.07, 6.45) is 9.89. The van der Waals surface area contributed by atoms with Gasteiger partial charge >= 0.3 is 309 Å². The molecule has 0 aromatic heterocycles. The molecule has 0 bridgehead atoms. The quantitative estimate of drug-likeness (QED) is 0.219. The van der Waals surface area contributed by atoms with Crippen LogP contribution in [0.2, 0.25) is 9.76 Å². The summed E-state index contributed by atoms with van der Waals surface area (Å²) in [4.78, 5) is 0. The average molecular weight is 798 g/mol. The first-order chi connectivity index (χ1) is 22.6. The van der Waals surface area contributed by atoms with Crippen molar-refractivity contribution in [3.05, 3.63) is 112 Å². The molecule has 5 atom stereocenters. The second kappa shape index (κ2) is 18.5. The van der Waals surface area contributed by atoms with Crippen molar-refractivity contribution >= 4 is 23.6 Å². The molecule has 0 saturated heterocycles. The molecule has 1 fully saturated rings. The Morgan fingerprint density at radius 3 is 0.941 bits per heavy atom. The number of rotatable bonds is 10. The SMILES string of the molecule is CC(C)c1cc(C(C)C)cc([Si](c2cc(C(C)C)cc(C(C)C)c2)(c2cc(C(C)C)cc(C(C)C)c2)C2C(C)[CH]([Ti+3])C3C=CC=CC32)c1.[Cl-].[Cl-].[Cl-]. The van der Waals surface area contributed by atoms with Crippen LogP contribution in [0.5, 0.6) is 0 Å². The minimum atomic E-state index is -2.75. The van der Waals surface area contributed by atoms with Crippen molar-refractivity contribution in [2.75, 3.05) is 0 Å². The van der Waals surface area contributed by atoms with E-state index in [4.69, 9.17) is 0 Å². The predicted molar refractivity (Wildman–Crippen MR) is 210 cm³/mol. The third-order valence-corrected chi connectivity index (χ3v) is 18.9. The average Bonchev–Trinajstić information content (AvgIpc) is 3.30. The van der Waals surface area contributed by atoms with Gasteiger partial charge in [-0.25, -0.2) is 0 Å². The fourth-order valence-corrected chi connectivity index (χ4v) is 16.3. The Hall–Kier alpha value is -1.06. The van der Waals surface area contributed by atoms with Crippen molar-refractivity contribution in [3.63, 3.8) is 0 Å². The van der Waals surface area contributed by atoms with Crippen LogP contribution >= 0.6 is 0 Å². The Morgan fingerprint density at radius 2 is 0.686 bits per heavy atom. The smallest absolute Gasteiger partial charge is 1.00 e. The van der Waals surface area contributed by atoms with E-state index in [-0.39, 0.29) is 37.2 Å². The molecule has 1 saturated carbocycles. The van der Waals surface area contributed by atoms with Gasteiger partial charge in [0.25, 0.3) is 0 Å². The Balaban J connectivity index is 0.00000300. The van der Waals surface area contributed by atoms with Crippen LogP contribution in [0.15, 0.2) is 78.9 Å². The fourth-order valence-electron chi connectivity index (χ4n) is 8.76. The van der Waals surface area contributed by atoms with Crippen LogP contribution in [0.4, 0.5) is 0 Å². The molecule has 0 aliphatic heterocycles. The molecule has 2 aliphatic rings. The molecule has 0 N–H and O–H groups in total. The third kappa shape index (κ3) is 8.92. The van der Waals surface area contributed by atoms with E-state index in [2.05, 4.69) is 189 Å². The van der Waals surface area contributed by atoms with Crippen LogP contribution in [-0.2, 0) is 20.4 Å². The summed E-state index contributed by atoms with van der Waals surface area (Å²) in [6, 6.07) is 23.8. The monoisotopic (exact) mass is 796 g/mol. The molecule has 0 amide bonds. The first kappa shape index (κ1) is 46.1. The molecule has 5 rings (SSSR count). The van der Waals surface area contributed by atoms with Gasteiger partial charge in [-0.1, -0.05) is 0 Å². The normalized spacial score (nSPS) is 21.4. The number of halogens is 3. The van der Waals surface area contributed by atoms with E-state index in [1.54, 1.807) is 15.6 Å². The number of allylic oxidation sites excluding steroid dienone is 4. The summed E-state index contributed by atoms with van der Waals surface area (Å²) < 4.78 is 0.627. The van der Waals surface area contributed by atoms with Crippen LogP contribution in [0.3, 0.4) is 0 Å². The molecule has 3 aromatic carbocycles. The minimum Gasteiger partial charge on any atom is -1.00 e. The molecule has 5 unspecified atom stereocenters. The van der Waals surface area contributed by atoms with Crippen molar-refractivity contribution in [2.45, 2.75) is 135 Å². The molecule has 0 heterocycles. The third-order valence-electron chi connectivity index (χ3n) is 12.0. The summed E-state index contributed by atoms with van der Waals surface area (Å²) in [5.74, 6) is 4.52. The molecule has 51 heavy (non-hydrogen) atoms. The van der Waals surface area contributed by atoms with Gasteiger partial charge in [0.15, 0.2) is 0 Å². The largest absolute Gasteiger partial charge is 1.00 e. The Kier molecular flexibility index (Phi) is 16.7. The predicted octanol–water partition coefficient (Wildman–Crippen LogP) is 2.62. The number of benzene rings is 3. The van der Waals surface area contributed by atoms with E-state index in [0.29, 0.717) is 63.0 Å². The number of hydrogen-bond donors (Lipinski definition) is 0. The van der Waals surface area contributed by atoms with Crippen LogP contribution < -0.4 is 52.8 Å². The zero-order valence-electron chi connectivity index (χ0n) is 33.5. The van der Waals surface area contributed by atoms with Gasteiger partial charge in [-0.05, 0) is 0 Å². The van der Waals surface area contributed by atoms with E-state index in [0.717, 1.165) is 0 Å². The van der Waals surface area contributed by atoms with Gasteiger partial charge in [-0.2, -0.15) is 0 Å². The number of fused-ring (bicyclic) bond motifs is 1. The van der Waals surface area contributed by atoms with Gasteiger partial charge in [0.1, 0.15) is 0 Å². The van der Waals surface area contributed by atoms with Crippen molar-refractivity contribution < 1.29 is 57.7 Å². The maximum atomic E-state index is 2.70. The van der Waals surface area contributed by atoms with E-state index in [1.807, 2.05) is 0 Å². The second-order valence-electron chi connectivity index (χ2n) is 17.2. The second-order valence-corrected chi connectivity index (χ2v) is 22.3. The van der Waals surface area contributed by atoms with E-state index in [1.165, 1.54) is 33.4 Å². The van der Waals surface area contributed by atoms with Crippen LogP contribution in [0, 0.1) is 17.8 Å². The summed E-state index contributed by atoms with van der Waals surface area (Å²) in [5, 5.41) is 4.91. The van der Waals surface area contributed by atoms with Gasteiger partial charge in [-0.3, -0.25) is 0 Å². The molecular weight excluding hydrogens is 735 g/mol. The van der Waals surface area contributed by atoms with Crippen molar-refractivity contribution in [1.29, 1.82) is 0 Å². The van der Waals surface area contributed by atoms with Gasteiger partial charge in [0.05, 0.1) is 0 Å². The zero-order valence-corrected chi connectivity index (χ0v) is 38.3. The van der Waals surface area contributed by atoms with Gasteiger partial charge in [0.2, 0.25) is 0 Å². The van der Waals surface area contributed by atoms with E-state index >= 15 is 0 Å². The summed E-state index contributed by atoms with van der Waals surface area (Å²) >= 11 is 2.56. The van der Waals surface area contributed by atoms with Gasteiger partial charge in [0, 0.05) is 0 Å². The zero-order chi connectivity index (χ0) is 35.2. The van der Waals surface area contributed by atoms with Crippen LogP contribution in [0.1, 0.15) is 159 Å². The molecule has 0 radical (unpaired) electrons. The van der Waals surface area contributed by atoms with E-state index in [9.17, 15) is 0 Å². The molecule has 5 heteroatoms. The molecule has 0 spiro atoms. The van der Waals surface area contributed by atoms with Crippen LogP contribution in [0.25, 0.3) is 0 Å². The Labute approximate surface area is 344 Å². The fraction of sp³-hybridized carbons (Fsp3) is 0.522. The van der Waals surface area contributed by atoms with Crippen LogP contribution in [-0.4, -0.2) is 8.07 Å². The molecule has 2 aliphatic carbocycles. The van der Waals surface area contributed by atoms with Crippen molar-refractivity contribution in [2.24, 2.45) is 17.8 Å². The Morgan fingerprint density at radius 1 is 0.431 bits per heavy atom. The molecular formula is C46H63Cl3SiTi. The molecule has 276 valence electrons. The first-order valence-corrected chi connectivity index (χ1v) is 22.1. The van der Waals surface area contributed by atoms with Crippen molar-refractivity contribution in [1.82, 2.24) is 0 Å². The van der Waals surface area contributed by atoms with Crippen molar-refractivity contribution in [3.8, 4) is 0 Å². The van der Waals surface area contributed by atoms with Gasteiger partial charge in [-0.15, -0.1) is 0 Å².